The van der Waals surface area contributed by atoms with Gasteiger partial charge in [-0.15, -0.1) is 0 Å². The summed E-state index contributed by atoms with van der Waals surface area (Å²) in [6.45, 7) is 9.48. The van der Waals surface area contributed by atoms with Gasteiger partial charge in [0.25, 0.3) is 0 Å². The Morgan fingerprint density at radius 1 is 1.31 bits per heavy atom. The highest BCUT2D eigenvalue weighted by atomic mass is 16.6. The molecule has 0 heterocycles. The molecule has 0 aliphatic rings. The molecule has 0 bridgehead atoms. The van der Waals surface area contributed by atoms with Gasteiger partial charge in [0.05, 0.1) is 13.2 Å². The Hall–Kier alpha value is -1.06. The van der Waals surface area contributed by atoms with E-state index in [2.05, 4.69) is 32.9 Å². The molecule has 0 unspecified atom stereocenters. The Morgan fingerprint density at radius 3 is 2.50 bits per heavy atom. The third kappa shape index (κ3) is 2.97. The quantitative estimate of drug-likeness (QED) is 0.780. The maximum atomic E-state index is 5.46. The van der Waals surface area contributed by atoms with E-state index < -0.39 is 0 Å². The molecule has 3 nitrogen and oxygen atoms in total. The number of rotatable bonds is 5. The predicted octanol–water partition coefficient (Wildman–Crippen LogP) is 2.56. The molecular formula is C13H21NO2. The van der Waals surface area contributed by atoms with Gasteiger partial charge in [0.2, 0.25) is 0 Å². The summed E-state index contributed by atoms with van der Waals surface area (Å²) in [5.41, 5.74) is 2.36. The highest BCUT2D eigenvalue weighted by molar-refractivity contribution is 5.38. The zero-order chi connectivity index (χ0) is 12.2. The van der Waals surface area contributed by atoms with Crippen molar-refractivity contribution in [2.45, 2.75) is 33.1 Å². The van der Waals surface area contributed by atoms with E-state index in [0.717, 1.165) is 5.75 Å². The van der Waals surface area contributed by atoms with Gasteiger partial charge in [0, 0.05) is 5.41 Å². The molecule has 0 amide bonds. The van der Waals surface area contributed by atoms with Crippen LogP contribution in [0.4, 0.5) is 0 Å². The van der Waals surface area contributed by atoms with Crippen LogP contribution in [0.25, 0.3) is 0 Å². The minimum atomic E-state index is -0.0798. The fraction of sp³-hybridized carbons (Fsp3) is 0.538. The summed E-state index contributed by atoms with van der Waals surface area (Å²) in [6, 6.07) is 6.13. The minimum absolute atomic E-state index is 0.0798. The Bertz CT molecular complexity index is 348. The average molecular weight is 223 g/mol. The van der Waals surface area contributed by atoms with Gasteiger partial charge in [0.15, 0.2) is 0 Å². The molecule has 16 heavy (non-hydrogen) atoms. The molecule has 1 aromatic rings. The van der Waals surface area contributed by atoms with E-state index in [1.54, 1.807) is 0 Å². The Morgan fingerprint density at radius 2 is 2.00 bits per heavy atom. The summed E-state index contributed by atoms with van der Waals surface area (Å²) in [4.78, 5) is 4.76. The largest absolute Gasteiger partial charge is 0.494 e. The van der Waals surface area contributed by atoms with Crippen molar-refractivity contribution < 1.29 is 9.57 Å². The van der Waals surface area contributed by atoms with Crippen molar-refractivity contribution in [2.75, 3.05) is 13.2 Å². The fourth-order valence-corrected chi connectivity index (χ4v) is 1.94. The molecule has 0 atom stereocenters. The first kappa shape index (κ1) is 13.0. The van der Waals surface area contributed by atoms with Crippen LogP contribution in [-0.4, -0.2) is 13.2 Å². The van der Waals surface area contributed by atoms with Gasteiger partial charge in [-0.3, -0.25) is 0 Å². The van der Waals surface area contributed by atoms with Crippen LogP contribution < -0.4 is 10.6 Å². The first-order valence-corrected chi connectivity index (χ1v) is 5.57. The molecule has 3 heteroatoms. The molecule has 1 aromatic carbocycles. The van der Waals surface area contributed by atoms with Crippen LogP contribution in [0.3, 0.4) is 0 Å². The topological polar surface area (TPSA) is 44.5 Å². The number of ether oxygens (including phenoxy) is 1. The Balaban J connectivity index is 2.98. The zero-order valence-electron chi connectivity index (χ0n) is 10.5. The van der Waals surface area contributed by atoms with Crippen LogP contribution in [0, 0.1) is 6.92 Å². The molecule has 0 fully saturated rings. The highest BCUT2D eigenvalue weighted by Crippen LogP contribution is 2.28. The third-order valence-corrected chi connectivity index (χ3v) is 2.68. The van der Waals surface area contributed by atoms with E-state index in [9.17, 15) is 0 Å². The van der Waals surface area contributed by atoms with E-state index >= 15 is 0 Å². The maximum Gasteiger partial charge on any atom is 0.119 e. The number of benzene rings is 1. The highest BCUT2D eigenvalue weighted by Gasteiger charge is 2.22. The second-order valence-electron chi connectivity index (χ2n) is 4.60. The Labute approximate surface area is 97.5 Å². The SMILES string of the molecule is CCOc1ccc(C(C)(C)CON)c(C)c1. The molecule has 0 aromatic heterocycles. The smallest absolute Gasteiger partial charge is 0.119 e. The Kier molecular flexibility index (Phi) is 4.33. The van der Waals surface area contributed by atoms with Crippen molar-refractivity contribution in [3.63, 3.8) is 0 Å². The number of nitrogens with two attached hydrogens (primary N) is 1. The summed E-state index contributed by atoms with van der Waals surface area (Å²) in [7, 11) is 0. The second kappa shape index (κ2) is 5.32. The summed E-state index contributed by atoms with van der Waals surface area (Å²) >= 11 is 0. The molecule has 2 N–H and O–H groups in total. The lowest BCUT2D eigenvalue weighted by Crippen LogP contribution is -2.27. The molecule has 0 spiro atoms. The van der Waals surface area contributed by atoms with Crippen molar-refractivity contribution in [3.05, 3.63) is 29.3 Å². The fourth-order valence-electron chi connectivity index (χ4n) is 1.94. The van der Waals surface area contributed by atoms with E-state index in [1.807, 2.05) is 13.0 Å². The molecule has 0 radical (unpaired) electrons. The van der Waals surface area contributed by atoms with Gasteiger partial charge in [-0.2, -0.15) is 0 Å². The summed E-state index contributed by atoms with van der Waals surface area (Å²) in [5.74, 6) is 6.07. The lowest BCUT2D eigenvalue weighted by molar-refractivity contribution is 0.0962. The van der Waals surface area contributed by atoms with Gasteiger partial charge in [-0.1, -0.05) is 19.9 Å². The molecule has 0 aliphatic carbocycles. The van der Waals surface area contributed by atoms with Gasteiger partial charge >= 0.3 is 0 Å². The van der Waals surface area contributed by atoms with Crippen LogP contribution in [0.15, 0.2) is 18.2 Å². The van der Waals surface area contributed by atoms with E-state index in [1.165, 1.54) is 11.1 Å². The van der Waals surface area contributed by atoms with E-state index in [-0.39, 0.29) is 5.41 Å². The van der Waals surface area contributed by atoms with Crippen molar-refractivity contribution in [1.82, 2.24) is 0 Å². The van der Waals surface area contributed by atoms with Crippen LogP contribution in [-0.2, 0) is 10.3 Å². The third-order valence-electron chi connectivity index (χ3n) is 2.68. The normalized spacial score (nSPS) is 11.6. The summed E-state index contributed by atoms with van der Waals surface area (Å²) in [6.07, 6.45) is 0. The van der Waals surface area contributed by atoms with Crippen LogP contribution in [0.2, 0.25) is 0 Å². The first-order valence-electron chi connectivity index (χ1n) is 5.57. The van der Waals surface area contributed by atoms with Crippen LogP contribution >= 0.6 is 0 Å². The molecule has 0 saturated carbocycles. The first-order chi connectivity index (χ1) is 7.51. The standard InChI is InChI=1S/C13H21NO2/c1-5-15-11-6-7-12(10(2)8-11)13(3,4)9-16-14/h6-8H,5,9,14H2,1-4H3. The van der Waals surface area contributed by atoms with Gasteiger partial charge in [-0.25, -0.2) is 5.90 Å². The van der Waals surface area contributed by atoms with Gasteiger partial charge < -0.3 is 9.57 Å². The predicted molar refractivity (Wildman–Crippen MR) is 65.5 cm³/mol. The van der Waals surface area contributed by atoms with Crippen molar-refractivity contribution in [3.8, 4) is 5.75 Å². The van der Waals surface area contributed by atoms with E-state index in [4.69, 9.17) is 15.5 Å². The molecule has 1 rings (SSSR count). The molecule has 0 aliphatic heterocycles. The van der Waals surface area contributed by atoms with Gasteiger partial charge in [0.1, 0.15) is 5.75 Å². The zero-order valence-corrected chi connectivity index (χ0v) is 10.5. The minimum Gasteiger partial charge on any atom is -0.494 e. The summed E-state index contributed by atoms with van der Waals surface area (Å²) < 4.78 is 5.46. The maximum absolute atomic E-state index is 5.46. The second-order valence-corrected chi connectivity index (χ2v) is 4.60. The van der Waals surface area contributed by atoms with Crippen molar-refractivity contribution in [1.29, 1.82) is 0 Å². The molecule has 0 saturated heterocycles. The summed E-state index contributed by atoms with van der Waals surface area (Å²) in [5, 5.41) is 0. The van der Waals surface area contributed by atoms with Crippen LogP contribution in [0.5, 0.6) is 5.75 Å². The van der Waals surface area contributed by atoms with Crippen LogP contribution in [0.1, 0.15) is 31.9 Å². The number of aryl methyl sites for hydroxylation is 1. The van der Waals surface area contributed by atoms with Gasteiger partial charge in [-0.05, 0) is 37.1 Å². The number of hydrogen-bond acceptors (Lipinski definition) is 3. The van der Waals surface area contributed by atoms with Crippen molar-refractivity contribution >= 4 is 0 Å². The lowest BCUT2D eigenvalue weighted by Gasteiger charge is -2.26. The monoisotopic (exact) mass is 223 g/mol. The molecular weight excluding hydrogens is 202 g/mol. The molecule has 90 valence electrons. The lowest BCUT2D eigenvalue weighted by atomic mass is 9.83. The average Bonchev–Trinajstić information content (AvgIpc) is 2.17. The number of hydrogen-bond donors (Lipinski definition) is 1. The van der Waals surface area contributed by atoms with E-state index in [0.29, 0.717) is 13.2 Å². The van der Waals surface area contributed by atoms with Crippen molar-refractivity contribution in [2.24, 2.45) is 5.90 Å².